The molecule has 18 heavy (non-hydrogen) atoms. The Morgan fingerprint density at radius 3 is 2.89 bits per heavy atom. The molecule has 0 fully saturated rings. The largest absolute Gasteiger partial charge is 0.396 e. The van der Waals surface area contributed by atoms with Gasteiger partial charge in [-0.15, -0.1) is 11.3 Å². The minimum atomic E-state index is -0.161. The molecule has 94 valence electrons. The fraction of sp³-hybridized carbons (Fsp3) is 0.154. The van der Waals surface area contributed by atoms with E-state index in [9.17, 15) is 4.79 Å². The third-order valence-corrected chi connectivity index (χ3v) is 3.55. The maximum absolute atomic E-state index is 11.9. The van der Waals surface area contributed by atoms with Gasteiger partial charge in [0.2, 0.25) is 0 Å². The highest BCUT2D eigenvalue weighted by atomic mass is 35.5. The van der Waals surface area contributed by atoms with E-state index in [-0.39, 0.29) is 12.5 Å². The van der Waals surface area contributed by atoms with Gasteiger partial charge in [0, 0.05) is 17.3 Å². The lowest BCUT2D eigenvalue weighted by atomic mass is 10.1. The normalized spacial score (nSPS) is 10.3. The van der Waals surface area contributed by atoms with E-state index in [0.29, 0.717) is 22.0 Å². The second kappa shape index (κ2) is 6.00. The van der Waals surface area contributed by atoms with Gasteiger partial charge < -0.3 is 10.4 Å². The van der Waals surface area contributed by atoms with Crippen molar-refractivity contribution in [2.75, 3.05) is 11.9 Å². The summed E-state index contributed by atoms with van der Waals surface area (Å²) < 4.78 is 0. The fourth-order valence-corrected chi connectivity index (χ4v) is 2.39. The second-order valence-corrected chi connectivity index (χ2v) is 5.09. The number of benzene rings is 1. The van der Waals surface area contributed by atoms with Gasteiger partial charge in [-0.2, -0.15) is 0 Å². The number of thiophene rings is 1. The molecule has 0 radical (unpaired) electrons. The Balaban J connectivity index is 2.22. The van der Waals surface area contributed by atoms with Crippen LogP contribution in [-0.4, -0.2) is 17.6 Å². The van der Waals surface area contributed by atoms with Crippen LogP contribution in [0, 0.1) is 0 Å². The highest BCUT2D eigenvalue weighted by molar-refractivity contribution is 7.12. The molecule has 0 saturated carbocycles. The van der Waals surface area contributed by atoms with Crippen LogP contribution in [-0.2, 0) is 6.42 Å². The van der Waals surface area contributed by atoms with Gasteiger partial charge in [-0.25, -0.2) is 0 Å². The molecule has 5 heteroatoms. The Labute approximate surface area is 114 Å². The van der Waals surface area contributed by atoms with Gasteiger partial charge in [-0.3, -0.25) is 4.79 Å². The first-order chi connectivity index (χ1) is 8.70. The molecule has 1 heterocycles. The molecule has 0 saturated heterocycles. The predicted octanol–water partition coefficient (Wildman–Crippen LogP) is 3.19. The zero-order valence-electron chi connectivity index (χ0n) is 9.52. The number of aliphatic hydroxyl groups is 1. The summed E-state index contributed by atoms with van der Waals surface area (Å²) >= 11 is 7.29. The molecule has 1 amide bonds. The Kier molecular flexibility index (Phi) is 4.36. The van der Waals surface area contributed by atoms with Crippen molar-refractivity contribution in [1.29, 1.82) is 0 Å². The minimum absolute atomic E-state index is 0.0313. The maximum atomic E-state index is 11.9. The number of amides is 1. The molecule has 0 aliphatic carbocycles. The number of hydrogen-bond acceptors (Lipinski definition) is 3. The van der Waals surface area contributed by atoms with Crippen molar-refractivity contribution >= 4 is 34.5 Å². The van der Waals surface area contributed by atoms with Crippen LogP contribution >= 0.6 is 22.9 Å². The zero-order chi connectivity index (χ0) is 13.0. The molecule has 2 N–H and O–H groups in total. The summed E-state index contributed by atoms with van der Waals surface area (Å²) in [4.78, 5) is 12.6. The molecule has 0 aliphatic heterocycles. The summed E-state index contributed by atoms with van der Waals surface area (Å²) in [6, 6.07) is 8.83. The van der Waals surface area contributed by atoms with E-state index in [1.165, 1.54) is 11.3 Å². The number of anilines is 1. The van der Waals surface area contributed by atoms with Crippen molar-refractivity contribution < 1.29 is 9.90 Å². The fourth-order valence-electron chi connectivity index (χ4n) is 1.60. The predicted molar refractivity (Wildman–Crippen MR) is 74.5 cm³/mol. The van der Waals surface area contributed by atoms with Crippen LogP contribution < -0.4 is 5.32 Å². The average Bonchev–Trinajstić information content (AvgIpc) is 2.86. The van der Waals surface area contributed by atoms with E-state index in [2.05, 4.69) is 5.32 Å². The third-order valence-electron chi connectivity index (χ3n) is 2.45. The number of carbonyl (C=O) groups excluding carboxylic acids is 1. The van der Waals surface area contributed by atoms with Crippen molar-refractivity contribution in [3.8, 4) is 0 Å². The number of carbonyl (C=O) groups is 1. The van der Waals surface area contributed by atoms with Gasteiger partial charge in [0.15, 0.2) is 0 Å². The van der Waals surface area contributed by atoms with E-state index in [1.807, 2.05) is 17.5 Å². The van der Waals surface area contributed by atoms with Gasteiger partial charge in [0.1, 0.15) is 0 Å². The summed E-state index contributed by atoms with van der Waals surface area (Å²) in [6.45, 7) is 0.0313. The second-order valence-electron chi connectivity index (χ2n) is 3.71. The Morgan fingerprint density at radius 1 is 1.39 bits per heavy atom. The van der Waals surface area contributed by atoms with Crippen molar-refractivity contribution in [2.24, 2.45) is 0 Å². The highest BCUT2D eigenvalue weighted by Gasteiger charge is 2.10. The summed E-state index contributed by atoms with van der Waals surface area (Å²) in [5.74, 6) is -0.161. The molecule has 0 atom stereocenters. The lowest BCUT2D eigenvalue weighted by Crippen LogP contribution is -2.12. The number of rotatable bonds is 4. The summed E-state index contributed by atoms with van der Waals surface area (Å²) in [7, 11) is 0. The summed E-state index contributed by atoms with van der Waals surface area (Å²) in [6.07, 6.45) is 0.483. The molecule has 1 aromatic heterocycles. The molecule has 0 unspecified atom stereocenters. The van der Waals surface area contributed by atoms with Crippen molar-refractivity contribution in [3.63, 3.8) is 0 Å². The summed E-state index contributed by atoms with van der Waals surface area (Å²) in [5, 5.41) is 14.2. The van der Waals surface area contributed by atoms with E-state index in [1.54, 1.807) is 18.2 Å². The van der Waals surface area contributed by atoms with E-state index >= 15 is 0 Å². The first-order valence-electron chi connectivity index (χ1n) is 5.45. The SMILES string of the molecule is O=C(Nc1cc(Cl)ccc1CCO)c1cccs1. The molecular formula is C13H12ClNO2S. The average molecular weight is 282 g/mol. The van der Waals surface area contributed by atoms with Crippen LogP contribution in [0.4, 0.5) is 5.69 Å². The van der Waals surface area contributed by atoms with Crippen LogP contribution in [0.2, 0.25) is 5.02 Å². The lowest BCUT2D eigenvalue weighted by molar-refractivity contribution is 0.103. The maximum Gasteiger partial charge on any atom is 0.265 e. The Morgan fingerprint density at radius 2 is 2.22 bits per heavy atom. The lowest BCUT2D eigenvalue weighted by Gasteiger charge is -2.10. The first kappa shape index (κ1) is 13.1. The molecule has 0 bridgehead atoms. The first-order valence-corrected chi connectivity index (χ1v) is 6.70. The monoisotopic (exact) mass is 281 g/mol. The standard InChI is InChI=1S/C13H12ClNO2S/c14-10-4-3-9(5-6-16)11(8-10)15-13(17)12-2-1-7-18-12/h1-4,7-8,16H,5-6H2,(H,15,17). The smallest absolute Gasteiger partial charge is 0.265 e. The number of halogens is 1. The molecule has 0 aliphatic rings. The molecule has 2 rings (SSSR count). The number of aliphatic hydroxyl groups excluding tert-OH is 1. The van der Waals surface area contributed by atoms with Crippen molar-refractivity contribution in [2.45, 2.75) is 6.42 Å². The van der Waals surface area contributed by atoms with E-state index in [4.69, 9.17) is 16.7 Å². The Hall–Kier alpha value is -1.36. The third kappa shape index (κ3) is 3.10. The van der Waals surface area contributed by atoms with E-state index < -0.39 is 0 Å². The van der Waals surface area contributed by atoms with Crippen LogP contribution in [0.3, 0.4) is 0 Å². The molecule has 2 aromatic rings. The van der Waals surface area contributed by atoms with Gasteiger partial charge in [0.05, 0.1) is 4.88 Å². The highest BCUT2D eigenvalue weighted by Crippen LogP contribution is 2.22. The van der Waals surface area contributed by atoms with E-state index in [0.717, 1.165) is 5.56 Å². The van der Waals surface area contributed by atoms with Crippen LogP contribution in [0.15, 0.2) is 35.7 Å². The number of nitrogens with one attached hydrogen (secondary N) is 1. The molecular weight excluding hydrogens is 270 g/mol. The quantitative estimate of drug-likeness (QED) is 0.904. The Bertz CT molecular complexity index is 540. The van der Waals surface area contributed by atoms with Crippen LogP contribution in [0.1, 0.15) is 15.2 Å². The van der Waals surface area contributed by atoms with Crippen LogP contribution in [0.5, 0.6) is 0 Å². The topological polar surface area (TPSA) is 49.3 Å². The zero-order valence-corrected chi connectivity index (χ0v) is 11.1. The minimum Gasteiger partial charge on any atom is -0.396 e. The number of hydrogen-bond donors (Lipinski definition) is 2. The molecule has 1 aromatic carbocycles. The van der Waals surface area contributed by atoms with Gasteiger partial charge >= 0.3 is 0 Å². The van der Waals surface area contributed by atoms with Crippen molar-refractivity contribution in [3.05, 3.63) is 51.2 Å². The van der Waals surface area contributed by atoms with Gasteiger partial charge in [-0.1, -0.05) is 23.7 Å². The molecule has 3 nitrogen and oxygen atoms in total. The summed E-state index contributed by atoms with van der Waals surface area (Å²) in [5.41, 5.74) is 1.52. The van der Waals surface area contributed by atoms with Gasteiger partial charge in [-0.05, 0) is 35.6 Å². The van der Waals surface area contributed by atoms with Gasteiger partial charge in [0.25, 0.3) is 5.91 Å². The van der Waals surface area contributed by atoms with Crippen LogP contribution in [0.25, 0.3) is 0 Å². The van der Waals surface area contributed by atoms with Crippen molar-refractivity contribution in [1.82, 2.24) is 0 Å². The molecule has 0 spiro atoms.